The van der Waals surface area contributed by atoms with Gasteiger partial charge < -0.3 is 43.2 Å². The van der Waals surface area contributed by atoms with Crippen molar-refractivity contribution in [1.82, 2.24) is 10.2 Å². The van der Waals surface area contributed by atoms with Gasteiger partial charge in [0.25, 0.3) is 0 Å². The van der Waals surface area contributed by atoms with Crippen molar-refractivity contribution in [2.75, 3.05) is 62.2 Å². The highest BCUT2D eigenvalue weighted by molar-refractivity contribution is 5.93. The number of amides is 2. The maximum atomic E-state index is 13.8. The number of carbonyl (C=O) groups excluding carboxylic acids is 6. The van der Waals surface area contributed by atoms with Crippen molar-refractivity contribution in [3.63, 3.8) is 0 Å². The summed E-state index contributed by atoms with van der Waals surface area (Å²) in [5.41, 5.74) is -4.23. The molecular formula is C53H86N2O14. The lowest BCUT2D eigenvalue weighted by atomic mass is 9.44. The predicted molar refractivity (Wildman–Crippen MR) is 254 cm³/mol. The van der Waals surface area contributed by atoms with Crippen molar-refractivity contribution < 1.29 is 67.0 Å². The number of hydrogen-bond acceptors (Lipinski definition) is 15. The summed E-state index contributed by atoms with van der Waals surface area (Å²) >= 11 is 0. The van der Waals surface area contributed by atoms with Gasteiger partial charge in [-0.25, -0.2) is 4.79 Å². The Hall–Kier alpha value is -3.02. The highest BCUT2D eigenvalue weighted by Crippen LogP contribution is 2.70. The molecule has 69 heavy (non-hydrogen) atoms. The van der Waals surface area contributed by atoms with Crippen LogP contribution in [0.3, 0.4) is 0 Å². The Balaban J connectivity index is 0.000000243. The molecule has 16 heteroatoms. The van der Waals surface area contributed by atoms with Crippen LogP contribution in [0.1, 0.15) is 133 Å². The van der Waals surface area contributed by atoms with Gasteiger partial charge in [0.15, 0.2) is 0 Å². The third kappa shape index (κ3) is 9.13. The SMILES string of the molecule is COCO[C@H]1[C@H](C)C23CCC(=O)C2[C@@](C)([C@H](C)CC3)[C@H](O)C[C@@]1(C)C(=O)OC.COCO[C@H]1[C@H](C)C23CCC(=O)C2[C@@](C)([C@H](C)CC3)[C@H](OC(=O)NC(=O)[C@H]2CN(C)CC[C@@H]2C)C[C@@]1(C)C(=O)OC. The van der Waals surface area contributed by atoms with Crippen LogP contribution >= 0.6 is 0 Å². The van der Waals surface area contributed by atoms with Crippen molar-refractivity contribution in [2.24, 2.45) is 79.8 Å². The summed E-state index contributed by atoms with van der Waals surface area (Å²) in [6.07, 6.45) is 3.55. The van der Waals surface area contributed by atoms with E-state index in [0.29, 0.717) is 25.8 Å². The number of likely N-dealkylation sites (tertiary alicyclic amines) is 1. The Morgan fingerprint density at radius 3 is 1.62 bits per heavy atom. The number of nitrogens with one attached hydrogen (secondary N) is 1. The second-order valence-electron chi connectivity index (χ2n) is 23.7. The molecule has 0 aromatic carbocycles. The maximum Gasteiger partial charge on any atom is 0.414 e. The fraction of sp³-hybridized carbons (Fsp3) is 0.887. The molecular weight excluding hydrogens is 889 g/mol. The van der Waals surface area contributed by atoms with Gasteiger partial charge in [0.2, 0.25) is 5.91 Å². The highest BCUT2D eigenvalue weighted by Gasteiger charge is 2.71. The Labute approximate surface area is 411 Å². The van der Waals surface area contributed by atoms with E-state index < -0.39 is 63.6 Å². The van der Waals surface area contributed by atoms with Gasteiger partial charge in [-0.3, -0.25) is 29.3 Å². The number of rotatable bonds is 10. The lowest BCUT2D eigenvalue weighted by molar-refractivity contribution is -0.228. The van der Waals surface area contributed by atoms with Gasteiger partial charge in [0, 0.05) is 62.7 Å². The molecule has 6 aliphatic carbocycles. The molecule has 18 atom stereocenters. The second kappa shape index (κ2) is 20.8. The van der Waals surface area contributed by atoms with Crippen LogP contribution in [-0.4, -0.2) is 132 Å². The molecule has 1 saturated heterocycles. The van der Waals surface area contributed by atoms with Crippen molar-refractivity contribution in [3.05, 3.63) is 0 Å². The zero-order valence-corrected chi connectivity index (χ0v) is 44.2. The van der Waals surface area contributed by atoms with Crippen LogP contribution in [0.5, 0.6) is 0 Å². The van der Waals surface area contributed by atoms with E-state index >= 15 is 0 Å². The molecule has 392 valence electrons. The van der Waals surface area contributed by atoms with Crippen LogP contribution in [0, 0.1) is 79.8 Å². The van der Waals surface area contributed by atoms with Crippen LogP contribution in [0.15, 0.2) is 0 Å². The first-order chi connectivity index (χ1) is 32.3. The molecule has 0 spiro atoms. The van der Waals surface area contributed by atoms with Gasteiger partial charge in [-0.05, 0) is 119 Å². The van der Waals surface area contributed by atoms with Gasteiger partial charge in [0.1, 0.15) is 31.3 Å². The number of alkyl carbamates (subject to hydrolysis) is 1. The number of carbonyl (C=O) groups is 6. The van der Waals surface area contributed by atoms with Gasteiger partial charge >= 0.3 is 18.0 Å². The third-order valence-corrected chi connectivity index (χ3v) is 20.5. The summed E-state index contributed by atoms with van der Waals surface area (Å²) < 4.78 is 39.5. The van der Waals surface area contributed by atoms with Gasteiger partial charge in [-0.1, -0.05) is 48.5 Å². The molecule has 0 aromatic heterocycles. The molecule has 6 saturated carbocycles. The highest BCUT2D eigenvalue weighted by atomic mass is 16.7. The van der Waals surface area contributed by atoms with Crippen LogP contribution in [0.4, 0.5) is 4.79 Å². The smallest absolute Gasteiger partial charge is 0.414 e. The van der Waals surface area contributed by atoms with Crippen LogP contribution in [-0.2, 0) is 57.1 Å². The molecule has 7 rings (SSSR count). The zero-order valence-electron chi connectivity index (χ0n) is 44.2. The summed E-state index contributed by atoms with van der Waals surface area (Å²) in [5, 5.41) is 14.0. The molecule has 4 unspecified atom stereocenters. The maximum absolute atomic E-state index is 13.8. The zero-order chi connectivity index (χ0) is 51.2. The number of aliphatic hydroxyl groups is 1. The minimum absolute atomic E-state index is 0.0293. The summed E-state index contributed by atoms with van der Waals surface area (Å²) in [5.74, 6) is -1.52. The van der Waals surface area contributed by atoms with Crippen LogP contribution in [0.2, 0.25) is 0 Å². The molecule has 0 radical (unpaired) electrons. The van der Waals surface area contributed by atoms with E-state index in [1.54, 1.807) is 14.0 Å². The minimum Gasteiger partial charge on any atom is -0.469 e. The van der Waals surface area contributed by atoms with E-state index in [4.69, 9.17) is 33.2 Å². The average molecular weight is 975 g/mol. The molecule has 0 aromatic rings. The van der Waals surface area contributed by atoms with Crippen molar-refractivity contribution in [1.29, 1.82) is 0 Å². The fourth-order valence-electron chi connectivity index (χ4n) is 16.1. The standard InChI is InChI=1S/C31H50N2O8.C22H36O6/c1-18-11-14-33(6)16-21(18)26(35)32-28(37)41-23-15-29(4,27(36)39-8)25(40-17-38-7)20(3)31-12-9-19(2)30(23,5)24(31)22(34)10-13-31;1-13-7-9-22-10-8-15(23)17(22)21(13,4)16(24)11-20(3,19(25)27-6)18(14(22)2)28-12-26-5/h18-21,23-25H,9-17H2,1-8H3,(H,32,35,37);13-14,16-18,24H,7-12H2,1-6H3/t18-,19+,20-,21-,23+,24?,25-,29+,30-,31?;13-,14+,16-,17?,18+,20-,21+,22?/m01/s1. The lowest BCUT2D eigenvalue weighted by Gasteiger charge is -2.62. The van der Waals surface area contributed by atoms with Crippen LogP contribution in [0.25, 0.3) is 0 Å². The quantitative estimate of drug-likeness (QED) is 0.132. The largest absolute Gasteiger partial charge is 0.469 e. The monoisotopic (exact) mass is 975 g/mol. The van der Waals surface area contributed by atoms with E-state index in [2.05, 4.69) is 44.8 Å². The number of aliphatic hydroxyl groups excluding tert-OH is 1. The molecule has 7 fully saturated rings. The average Bonchev–Trinajstić information content (AvgIpc) is 3.86. The lowest BCUT2D eigenvalue weighted by Crippen LogP contribution is -2.65. The number of hydrogen-bond donors (Lipinski definition) is 2. The molecule has 2 N–H and O–H groups in total. The number of Topliss-reactive ketones (excluding diaryl/α,β-unsaturated/α-hetero) is 2. The Morgan fingerprint density at radius 2 is 1.14 bits per heavy atom. The number of ketones is 2. The van der Waals surface area contributed by atoms with E-state index in [1.165, 1.54) is 21.3 Å². The van der Waals surface area contributed by atoms with Crippen molar-refractivity contribution >= 4 is 35.5 Å². The van der Waals surface area contributed by atoms with Gasteiger partial charge in [0.05, 0.1) is 49.3 Å². The van der Waals surface area contributed by atoms with E-state index in [0.717, 1.165) is 45.1 Å². The van der Waals surface area contributed by atoms with E-state index in [1.807, 2.05) is 27.8 Å². The Morgan fingerprint density at radius 1 is 0.681 bits per heavy atom. The number of imide groups is 1. The molecule has 16 nitrogen and oxygen atoms in total. The Kier molecular flexibility index (Phi) is 16.7. The summed E-state index contributed by atoms with van der Waals surface area (Å²) in [6, 6.07) is 0. The number of ether oxygens (including phenoxy) is 7. The number of esters is 2. The summed E-state index contributed by atoms with van der Waals surface area (Å²) in [7, 11) is 7.77. The Bertz CT molecular complexity index is 1930. The number of nitrogens with zero attached hydrogens (tertiary/aromatic N) is 1. The second-order valence-corrected chi connectivity index (χ2v) is 23.7. The third-order valence-electron chi connectivity index (χ3n) is 20.5. The molecule has 1 heterocycles. The van der Waals surface area contributed by atoms with E-state index in [9.17, 15) is 33.9 Å². The number of methoxy groups -OCH3 is 4. The molecule has 2 amide bonds. The van der Waals surface area contributed by atoms with Gasteiger partial charge in [-0.2, -0.15) is 0 Å². The summed E-state index contributed by atoms with van der Waals surface area (Å²) in [6.45, 7) is 19.7. The molecule has 1 aliphatic heterocycles. The van der Waals surface area contributed by atoms with Gasteiger partial charge in [-0.15, -0.1) is 0 Å². The van der Waals surface area contributed by atoms with Crippen molar-refractivity contribution in [3.8, 4) is 0 Å². The first kappa shape index (κ1) is 55.3. The minimum atomic E-state index is -1.20. The number of piperidine rings is 1. The van der Waals surface area contributed by atoms with Crippen molar-refractivity contribution in [2.45, 2.75) is 157 Å². The topological polar surface area (TPSA) is 203 Å². The first-order valence-electron chi connectivity index (χ1n) is 25.7. The summed E-state index contributed by atoms with van der Waals surface area (Å²) in [4.78, 5) is 82.2. The molecule has 7 aliphatic rings. The predicted octanol–water partition coefficient (Wildman–Crippen LogP) is 6.76. The first-order valence-corrected chi connectivity index (χ1v) is 25.7. The van der Waals surface area contributed by atoms with E-state index in [-0.39, 0.29) is 103 Å². The fourth-order valence-corrected chi connectivity index (χ4v) is 16.1. The van der Waals surface area contributed by atoms with Crippen LogP contribution < -0.4 is 5.32 Å². The normalized spacial score (nSPS) is 45.2. The molecule has 4 bridgehead atoms.